The average Bonchev–Trinajstić information content (AvgIpc) is 2.35. The van der Waals surface area contributed by atoms with Crippen molar-refractivity contribution in [2.24, 2.45) is 5.73 Å². The van der Waals surface area contributed by atoms with E-state index in [1.54, 1.807) is 12.4 Å². The molecule has 0 amide bonds. The first kappa shape index (κ1) is 10.8. The van der Waals surface area contributed by atoms with Gasteiger partial charge in [-0.15, -0.1) is 0 Å². The Kier molecular flexibility index (Phi) is 3.27. The summed E-state index contributed by atoms with van der Waals surface area (Å²) in [5.74, 6) is 0.120. The van der Waals surface area contributed by atoms with E-state index in [0.29, 0.717) is 18.5 Å². The van der Waals surface area contributed by atoms with Crippen LogP contribution in [0.15, 0.2) is 36.7 Å². The molecule has 1 heterocycles. The number of nitrogens with two attached hydrogens (primary N) is 1. The van der Waals surface area contributed by atoms with Gasteiger partial charge in [0, 0.05) is 29.8 Å². The number of carbonyl (C=O) groups excluding carboxylic acids is 1. The Morgan fingerprint density at radius 2 is 2.06 bits per heavy atom. The molecular weight excluding hydrogens is 200 g/mol. The molecule has 0 unspecified atom stereocenters. The van der Waals surface area contributed by atoms with Crippen LogP contribution < -0.4 is 5.73 Å². The highest BCUT2D eigenvalue weighted by Crippen LogP contribution is 2.18. The Labute approximate surface area is 94.3 Å². The van der Waals surface area contributed by atoms with Gasteiger partial charge in [-0.1, -0.05) is 24.3 Å². The van der Waals surface area contributed by atoms with Crippen LogP contribution in [0.4, 0.5) is 0 Å². The van der Waals surface area contributed by atoms with E-state index in [2.05, 4.69) is 4.98 Å². The molecule has 0 radical (unpaired) electrons. The predicted octanol–water partition coefficient (Wildman–Crippen LogP) is 2.16. The Balaban J connectivity index is 2.40. The van der Waals surface area contributed by atoms with E-state index in [9.17, 15) is 4.79 Å². The normalized spacial score (nSPS) is 10.6. The number of benzene rings is 1. The Morgan fingerprint density at radius 1 is 1.25 bits per heavy atom. The second-order valence-electron chi connectivity index (χ2n) is 3.72. The number of aromatic nitrogens is 1. The molecule has 0 fully saturated rings. The maximum atomic E-state index is 11.9. The standard InChI is InChI=1S/C13H14N2O/c14-7-3-6-13(16)12-9-15-8-10-4-1-2-5-11(10)12/h1-2,4-5,8-9H,3,6-7,14H2. The zero-order chi connectivity index (χ0) is 11.4. The minimum Gasteiger partial charge on any atom is -0.330 e. The summed E-state index contributed by atoms with van der Waals surface area (Å²) in [5.41, 5.74) is 6.10. The fourth-order valence-electron chi connectivity index (χ4n) is 1.74. The summed E-state index contributed by atoms with van der Waals surface area (Å²) in [6.45, 7) is 0.546. The maximum absolute atomic E-state index is 11.9. The maximum Gasteiger partial charge on any atom is 0.165 e. The van der Waals surface area contributed by atoms with Crippen molar-refractivity contribution < 1.29 is 4.79 Å². The predicted molar refractivity (Wildman–Crippen MR) is 64.4 cm³/mol. The minimum absolute atomic E-state index is 0.120. The smallest absolute Gasteiger partial charge is 0.165 e. The van der Waals surface area contributed by atoms with Crippen LogP contribution in [0.2, 0.25) is 0 Å². The summed E-state index contributed by atoms with van der Waals surface area (Å²) in [5, 5.41) is 1.97. The summed E-state index contributed by atoms with van der Waals surface area (Å²) in [7, 11) is 0. The van der Waals surface area contributed by atoms with Crippen molar-refractivity contribution in [2.45, 2.75) is 12.8 Å². The summed E-state index contributed by atoms with van der Waals surface area (Å²) in [4.78, 5) is 16.0. The molecule has 0 saturated heterocycles. The number of hydrogen-bond acceptors (Lipinski definition) is 3. The molecule has 2 aromatic rings. The Bertz CT molecular complexity index is 503. The first-order valence-electron chi connectivity index (χ1n) is 5.39. The van der Waals surface area contributed by atoms with Crippen molar-refractivity contribution in [1.82, 2.24) is 4.98 Å². The number of Topliss-reactive ketones (excluding diaryl/α,β-unsaturated/α-hetero) is 1. The third-order valence-electron chi connectivity index (χ3n) is 2.58. The number of carbonyl (C=O) groups is 1. The zero-order valence-electron chi connectivity index (χ0n) is 9.02. The van der Waals surface area contributed by atoms with Crippen molar-refractivity contribution in [2.75, 3.05) is 6.54 Å². The summed E-state index contributed by atoms with van der Waals surface area (Å²) < 4.78 is 0. The molecule has 3 heteroatoms. The number of rotatable bonds is 4. The number of nitrogens with zero attached hydrogens (tertiary/aromatic N) is 1. The molecule has 2 rings (SSSR count). The van der Waals surface area contributed by atoms with E-state index in [4.69, 9.17) is 5.73 Å². The van der Waals surface area contributed by atoms with Gasteiger partial charge < -0.3 is 5.73 Å². The third-order valence-corrected chi connectivity index (χ3v) is 2.58. The van der Waals surface area contributed by atoms with Crippen LogP contribution in [0.1, 0.15) is 23.2 Å². The monoisotopic (exact) mass is 214 g/mol. The van der Waals surface area contributed by atoms with Crippen LogP contribution in [0.5, 0.6) is 0 Å². The molecule has 2 N–H and O–H groups in total. The van der Waals surface area contributed by atoms with E-state index in [1.165, 1.54) is 0 Å². The number of ketones is 1. The molecule has 82 valence electrons. The minimum atomic E-state index is 0.120. The lowest BCUT2D eigenvalue weighted by Crippen LogP contribution is -2.05. The van der Waals surface area contributed by atoms with E-state index in [-0.39, 0.29) is 5.78 Å². The van der Waals surface area contributed by atoms with Gasteiger partial charge in [0.15, 0.2) is 5.78 Å². The molecular formula is C13H14N2O. The molecule has 0 saturated carbocycles. The van der Waals surface area contributed by atoms with Gasteiger partial charge >= 0.3 is 0 Å². The molecule has 1 aromatic heterocycles. The molecule has 0 bridgehead atoms. The van der Waals surface area contributed by atoms with Gasteiger partial charge in [-0.05, 0) is 18.4 Å². The largest absolute Gasteiger partial charge is 0.330 e. The quantitative estimate of drug-likeness (QED) is 0.793. The fraction of sp³-hybridized carbons (Fsp3) is 0.231. The second-order valence-corrected chi connectivity index (χ2v) is 3.72. The lowest BCUT2D eigenvalue weighted by atomic mass is 10.0. The highest BCUT2D eigenvalue weighted by atomic mass is 16.1. The molecule has 1 aromatic carbocycles. The van der Waals surface area contributed by atoms with Gasteiger partial charge in [0.05, 0.1) is 0 Å². The number of pyridine rings is 1. The van der Waals surface area contributed by atoms with Gasteiger partial charge in [-0.2, -0.15) is 0 Å². The van der Waals surface area contributed by atoms with Crippen molar-refractivity contribution in [3.63, 3.8) is 0 Å². The van der Waals surface area contributed by atoms with Crippen LogP contribution in [0.25, 0.3) is 10.8 Å². The van der Waals surface area contributed by atoms with E-state index in [0.717, 1.165) is 17.2 Å². The SMILES string of the molecule is NCCCC(=O)c1cncc2ccccc12. The first-order valence-corrected chi connectivity index (χ1v) is 5.39. The van der Waals surface area contributed by atoms with Crippen molar-refractivity contribution in [3.05, 3.63) is 42.2 Å². The number of hydrogen-bond donors (Lipinski definition) is 1. The van der Waals surface area contributed by atoms with Crippen LogP contribution in [-0.4, -0.2) is 17.3 Å². The molecule has 0 spiro atoms. The van der Waals surface area contributed by atoms with Crippen LogP contribution in [0.3, 0.4) is 0 Å². The topological polar surface area (TPSA) is 56.0 Å². The lowest BCUT2D eigenvalue weighted by Gasteiger charge is -2.04. The third kappa shape index (κ3) is 2.09. The van der Waals surface area contributed by atoms with Gasteiger partial charge in [0.1, 0.15) is 0 Å². The van der Waals surface area contributed by atoms with Gasteiger partial charge in [0.2, 0.25) is 0 Å². The summed E-state index contributed by atoms with van der Waals surface area (Å²) >= 11 is 0. The molecule has 3 nitrogen and oxygen atoms in total. The summed E-state index contributed by atoms with van der Waals surface area (Å²) in [6.07, 6.45) is 4.63. The van der Waals surface area contributed by atoms with E-state index in [1.807, 2.05) is 24.3 Å². The Morgan fingerprint density at radius 3 is 2.88 bits per heavy atom. The van der Waals surface area contributed by atoms with Crippen molar-refractivity contribution >= 4 is 16.6 Å². The second kappa shape index (κ2) is 4.86. The van der Waals surface area contributed by atoms with Crippen LogP contribution >= 0.6 is 0 Å². The van der Waals surface area contributed by atoms with E-state index >= 15 is 0 Å². The van der Waals surface area contributed by atoms with Gasteiger partial charge in [-0.25, -0.2) is 0 Å². The summed E-state index contributed by atoms with van der Waals surface area (Å²) in [6, 6.07) is 7.79. The average molecular weight is 214 g/mol. The molecule has 0 aliphatic rings. The van der Waals surface area contributed by atoms with Gasteiger partial charge in [-0.3, -0.25) is 9.78 Å². The van der Waals surface area contributed by atoms with Crippen LogP contribution in [0, 0.1) is 0 Å². The van der Waals surface area contributed by atoms with Crippen molar-refractivity contribution in [1.29, 1.82) is 0 Å². The Hall–Kier alpha value is -1.74. The first-order chi connectivity index (χ1) is 7.83. The molecule has 0 aliphatic heterocycles. The highest BCUT2D eigenvalue weighted by molar-refractivity contribution is 6.07. The molecule has 0 atom stereocenters. The molecule has 16 heavy (non-hydrogen) atoms. The highest BCUT2D eigenvalue weighted by Gasteiger charge is 2.09. The van der Waals surface area contributed by atoms with Crippen molar-refractivity contribution in [3.8, 4) is 0 Å². The van der Waals surface area contributed by atoms with E-state index < -0.39 is 0 Å². The molecule has 0 aliphatic carbocycles. The van der Waals surface area contributed by atoms with Crippen LogP contribution in [-0.2, 0) is 0 Å². The fourth-order valence-corrected chi connectivity index (χ4v) is 1.74. The van der Waals surface area contributed by atoms with Gasteiger partial charge in [0.25, 0.3) is 0 Å². The number of fused-ring (bicyclic) bond motifs is 1. The lowest BCUT2D eigenvalue weighted by molar-refractivity contribution is 0.0982. The zero-order valence-corrected chi connectivity index (χ0v) is 9.02.